The van der Waals surface area contributed by atoms with Crippen LogP contribution in [0.2, 0.25) is 0 Å². The number of aliphatic hydroxyl groups is 1. The smallest absolute Gasteiger partial charge is 0.222 e. The lowest BCUT2D eigenvalue weighted by Gasteiger charge is -2.18. The fraction of sp³-hybridized carbons (Fsp3) is 0.923. The topological polar surface area (TPSA) is 49.8 Å². The van der Waals surface area contributed by atoms with Crippen molar-refractivity contribution < 1.29 is 14.6 Å². The van der Waals surface area contributed by atoms with Gasteiger partial charge in [-0.05, 0) is 32.6 Å². The predicted octanol–water partition coefficient (Wildman–Crippen LogP) is 1.17. The molecule has 0 spiro atoms. The van der Waals surface area contributed by atoms with Crippen molar-refractivity contribution in [1.29, 1.82) is 0 Å². The summed E-state index contributed by atoms with van der Waals surface area (Å²) in [5.41, 5.74) is 0. The van der Waals surface area contributed by atoms with E-state index in [1.807, 2.05) is 11.8 Å². The van der Waals surface area contributed by atoms with Crippen LogP contribution in [0.4, 0.5) is 0 Å². The minimum Gasteiger partial charge on any atom is -0.393 e. The number of rotatable bonds is 4. The molecule has 2 fully saturated rings. The van der Waals surface area contributed by atoms with Crippen molar-refractivity contribution in [2.45, 2.75) is 51.2 Å². The highest BCUT2D eigenvalue weighted by atomic mass is 16.5. The first-order valence-electron chi connectivity index (χ1n) is 6.74. The van der Waals surface area contributed by atoms with Gasteiger partial charge in [0.15, 0.2) is 0 Å². The Hall–Kier alpha value is -0.610. The zero-order chi connectivity index (χ0) is 12.3. The second-order valence-electron chi connectivity index (χ2n) is 5.30. The summed E-state index contributed by atoms with van der Waals surface area (Å²) in [4.78, 5) is 13.9. The monoisotopic (exact) mass is 241 g/mol. The van der Waals surface area contributed by atoms with Crippen LogP contribution >= 0.6 is 0 Å². The lowest BCUT2D eigenvalue weighted by molar-refractivity contribution is -0.131. The molecule has 2 saturated heterocycles. The molecule has 2 heterocycles. The van der Waals surface area contributed by atoms with E-state index in [2.05, 4.69) is 0 Å². The zero-order valence-electron chi connectivity index (χ0n) is 10.6. The molecular weight excluding hydrogens is 218 g/mol. The summed E-state index contributed by atoms with van der Waals surface area (Å²) in [6.07, 6.45) is 4.62. The Labute approximate surface area is 103 Å². The summed E-state index contributed by atoms with van der Waals surface area (Å²) in [6, 6.07) is 0. The van der Waals surface area contributed by atoms with E-state index in [0.29, 0.717) is 12.5 Å². The predicted molar refractivity (Wildman–Crippen MR) is 64.6 cm³/mol. The van der Waals surface area contributed by atoms with Crippen molar-refractivity contribution in [2.24, 2.45) is 5.92 Å². The minimum atomic E-state index is -0.300. The van der Waals surface area contributed by atoms with Crippen LogP contribution in [0.25, 0.3) is 0 Å². The maximum atomic E-state index is 12.0. The van der Waals surface area contributed by atoms with Crippen molar-refractivity contribution >= 4 is 5.91 Å². The molecule has 2 aliphatic heterocycles. The van der Waals surface area contributed by atoms with Gasteiger partial charge in [0.25, 0.3) is 0 Å². The normalized spacial score (nSPS) is 30.8. The molecule has 0 radical (unpaired) electrons. The second-order valence-corrected chi connectivity index (χ2v) is 5.30. The highest BCUT2D eigenvalue weighted by Gasteiger charge is 2.29. The number of nitrogens with zero attached hydrogens (tertiary/aromatic N) is 1. The fourth-order valence-corrected chi connectivity index (χ4v) is 2.72. The average Bonchev–Trinajstić information content (AvgIpc) is 2.96. The Balaban J connectivity index is 1.69. The number of ether oxygens (including phenoxy) is 1. The Kier molecular flexibility index (Phi) is 4.40. The zero-order valence-corrected chi connectivity index (χ0v) is 10.6. The van der Waals surface area contributed by atoms with Gasteiger partial charge in [-0.15, -0.1) is 0 Å². The van der Waals surface area contributed by atoms with Gasteiger partial charge < -0.3 is 14.7 Å². The first kappa shape index (κ1) is 12.8. The van der Waals surface area contributed by atoms with Crippen molar-refractivity contribution in [2.75, 3.05) is 19.7 Å². The van der Waals surface area contributed by atoms with Crippen LogP contribution in [0.15, 0.2) is 0 Å². The van der Waals surface area contributed by atoms with Gasteiger partial charge in [0.1, 0.15) is 0 Å². The van der Waals surface area contributed by atoms with Gasteiger partial charge in [-0.25, -0.2) is 0 Å². The number of carbonyl (C=O) groups excluding carboxylic acids is 1. The van der Waals surface area contributed by atoms with Crippen LogP contribution < -0.4 is 0 Å². The molecular formula is C13H23NO3. The molecule has 3 atom stereocenters. The number of amides is 1. The maximum Gasteiger partial charge on any atom is 0.222 e. The largest absolute Gasteiger partial charge is 0.393 e. The van der Waals surface area contributed by atoms with Crippen LogP contribution in [0.1, 0.15) is 39.0 Å². The Morgan fingerprint density at radius 1 is 1.53 bits per heavy atom. The summed E-state index contributed by atoms with van der Waals surface area (Å²) in [5.74, 6) is 0.491. The highest BCUT2D eigenvalue weighted by Crippen LogP contribution is 2.22. The van der Waals surface area contributed by atoms with Crippen molar-refractivity contribution in [3.05, 3.63) is 0 Å². The molecule has 0 aromatic carbocycles. The molecule has 17 heavy (non-hydrogen) atoms. The molecule has 1 N–H and O–H groups in total. The summed E-state index contributed by atoms with van der Waals surface area (Å²) >= 11 is 0. The number of aliphatic hydroxyl groups excluding tert-OH is 1. The SMILES string of the molecule is CC(O)C1CCN(C(=O)CCC2CCCO2)C1. The first-order chi connectivity index (χ1) is 8.16. The molecule has 98 valence electrons. The highest BCUT2D eigenvalue weighted by molar-refractivity contribution is 5.76. The third kappa shape index (κ3) is 3.42. The molecule has 0 saturated carbocycles. The molecule has 1 amide bonds. The molecule has 4 heteroatoms. The third-order valence-electron chi connectivity index (χ3n) is 3.96. The maximum absolute atomic E-state index is 12.0. The van der Waals surface area contributed by atoms with E-state index in [0.717, 1.165) is 45.4 Å². The van der Waals surface area contributed by atoms with E-state index < -0.39 is 0 Å². The average molecular weight is 241 g/mol. The number of likely N-dealkylation sites (tertiary alicyclic amines) is 1. The molecule has 0 bridgehead atoms. The number of hydrogen-bond acceptors (Lipinski definition) is 3. The quantitative estimate of drug-likeness (QED) is 0.804. The van der Waals surface area contributed by atoms with Crippen molar-refractivity contribution in [3.8, 4) is 0 Å². The van der Waals surface area contributed by atoms with E-state index in [1.165, 1.54) is 0 Å². The van der Waals surface area contributed by atoms with Gasteiger partial charge in [-0.1, -0.05) is 0 Å². The lowest BCUT2D eigenvalue weighted by atomic mass is 10.0. The summed E-state index contributed by atoms with van der Waals surface area (Å²) in [5, 5.41) is 9.50. The van der Waals surface area contributed by atoms with E-state index in [4.69, 9.17) is 4.74 Å². The Bertz CT molecular complexity index is 261. The molecule has 2 rings (SSSR count). The van der Waals surface area contributed by atoms with Crippen LogP contribution in [0.5, 0.6) is 0 Å². The third-order valence-corrected chi connectivity index (χ3v) is 3.96. The molecule has 2 aliphatic rings. The van der Waals surface area contributed by atoms with Gasteiger partial charge in [-0.2, -0.15) is 0 Å². The van der Waals surface area contributed by atoms with Crippen LogP contribution in [-0.4, -0.2) is 47.8 Å². The molecule has 0 aromatic heterocycles. The lowest BCUT2D eigenvalue weighted by Crippen LogP contribution is -2.30. The standard InChI is InChI=1S/C13H23NO3/c1-10(15)11-6-7-14(9-11)13(16)5-4-12-3-2-8-17-12/h10-12,15H,2-9H2,1H3. The van der Waals surface area contributed by atoms with Gasteiger partial charge in [0, 0.05) is 32.0 Å². The van der Waals surface area contributed by atoms with Gasteiger partial charge in [-0.3, -0.25) is 4.79 Å². The molecule has 0 aromatic rings. The second kappa shape index (κ2) is 5.83. The van der Waals surface area contributed by atoms with Crippen LogP contribution in [0, 0.1) is 5.92 Å². The van der Waals surface area contributed by atoms with E-state index in [1.54, 1.807) is 0 Å². The molecule has 0 aliphatic carbocycles. The van der Waals surface area contributed by atoms with E-state index in [9.17, 15) is 9.90 Å². The summed E-state index contributed by atoms with van der Waals surface area (Å²) in [7, 11) is 0. The summed E-state index contributed by atoms with van der Waals surface area (Å²) in [6.45, 7) is 4.19. The van der Waals surface area contributed by atoms with E-state index >= 15 is 0 Å². The van der Waals surface area contributed by atoms with Crippen molar-refractivity contribution in [1.82, 2.24) is 4.90 Å². The minimum absolute atomic E-state index is 0.226. The Morgan fingerprint density at radius 2 is 2.35 bits per heavy atom. The Morgan fingerprint density at radius 3 is 2.94 bits per heavy atom. The van der Waals surface area contributed by atoms with E-state index in [-0.39, 0.29) is 17.9 Å². The van der Waals surface area contributed by atoms with Gasteiger partial charge in [0.05, 0.1) is 12.2 Å². The number of hydrogen-bond donors (Lipinski definition) is 1. The van der Waals surface area contributed by atoms with Gasteiger partial charge in [0.2, 0.25) is 5.91 Å². The fourth-order valence-electron chi connectivity index (χ4n) is 2.72. The van der Waals surface area contributed by atoms with Crippen molar-refractivity contribution in [3.63, 3.8) is 0 Å². The van der Waals surface area contributed by atoms with Crippen LogP contribution in [-0.2, 0) is 9.53 Å². The molecule has 3 unspecified atom stereocenters. The van der Waals surface area contributed by atoms with Crippen LogP contribution in [0.3, 0.4) is 0 Å². The van der Waals surface area contributed by atoms with Gasteiger partial charge >= 0.3 is 0 Å². The first-order valence-corrected chi connectivity index (χ1v) is 6.74. The summed E-state index contributed by atoms with van der Waals surface area (Å²) < 4.78 is 5.51. The number of carbonyl (C=O) groups is 1. The molecule has 4 nitrogen and oxygen atoms in total.